The first kappa shape index (κ1) is 14.7. The van der Waals surface area contributed by atoms with Gasteiger partial charge in [0.2, 0.25) is 5.91 Å². The molecule has 118 valence electrons. The lowest BCUT2D eigenvalue weighted by Crippen LogP contribution is -2.37. The van der Waals surface area contributed by atoms with Gasteiger partial charge in [0.25, 0.3) is 0 Å². The molecule has 1 unspecified atom stereocenters. The van der Waals surface area contributed by atoms with Gasteiger partial charge < -0.3 is 10.2 Å². The van der Waals surface area contributed by atoms with E-state index in [9.17, 15) is 4.79 Å². The van der Waals surface area contributed by atoms with Crippen molar-refractivity contribution in [3.05, 3.63) is 34.3 Å². The number of benzene rings is 1. The van der Waals surface area contributed by atoms with Gasteiger partial charge in [-0.25, -0.2) is 0 Å². The monoisotopic (exact) mass is 362 g/mol. The van der Waals surface area contributed by atoms with E-state index in [1.807, 2.05) is 6.07 Å². The first-order chi connectivity index (χ1) is 10.7. The van der Waals surface area contributed by atoms with E-state index in [0.29, 0.717) is 23.3 Å². The maximum absolute atomic E-state index is 13.0. The van der Waals surface area contributed by atoms with Crippen LogP contribution in [-0.4, -0.2) is 29.9 Å². The van der Waals surface area contributed by atoms with E-state index in [2.05, 4.69) is 44.3 Å². The van der Waals surface area contributed by atoms with Gasteiger partial charge in [-0.2, -0.15) is 0 Å². The predicted molar refractivity (Wildman–Crippen MR) is 90.4 cm³/mol. The Morgan fingerprint density at radius 1 is 1.32 bits per heavy atom. The number of carbonyl (C=O) groups excluding carboxylic acids is 1. The fourth-order valence-corrected chi connectivity index (χ4v) is 4.43. The van der Waals surface area contributed by atoms with E-state index in [1.165, 1.54) is 31.2 Å². The number of rotatable bonds is 4. The van der Waals surface area contributed by atoms with Gasteiger partial charge in [0, 0.05) is 23.0 Å². The van der Waals surface area contributed by atoms with Crippen molar-refractivity contribution in [2.45, 2.75) is 44.7 Å². The van der Waals surface area contributed by atoms with Crippen molar-refractivity contribution in [2.75, 3.05) is 13.1 Å². The molecular weight excluding hydrogens is 340 g/mol. The Kier molecular flexibility index (Phi) is 3.77. The Labute approximate surface area is 140 Å². The van der Waals surface area contributed by atoms with Crippen LogP contribution in [0.25, 0.3) is 0 Å². The molecule has 4 heteroatoms. The molecule has 0 radical (unpaired) electrons. The van der Waals surface area contributed by atoms with Gasteiger partial charge >= 0.3 is 0 Å². The second kappa shape index (κ2) is 5.64. The third kappa shape index (κ3) is 2.83. The van der Waals surface area contributed by atoms with Crippen molar-refractivity contribution < 1.29 is 4.79 Å². The molecule has 1 saturated heterocycles. The average molecular weight is 363 g/mol. The summed E-state index contributed by atoms with van der Waals surface area (Å²) in [5.41, 5.74) is 1.57. The highest BCUT2D eigenvalue weighted by Gasteiger charge is 2.59. The molecule has 22 heavy (non-hydrogen) atoms. The second-order valence-corrected chi connectivity index (χ2v) is 8.11. The van der Waals surface area contributed by atoms with Crippen LogP contribution in [-0.2, 0) is 11.3 Å². The van der Waals surface area contributed by atoms with Crippen molar-refractivity contribution in [2.24, 2.45) is 11.3 Å². The van der Waals surface area contributed by atoms with Crippen LogP contribution >= 0.6 is 15.9 Å². The summed E-state index contributed by atoms with van der Waals surface area (Å²) in [7, 11) is 0. The summed E-state index contributed by atoms with van der Waals surface area (Å²) in [5.74, 6) is 0.715. The number of nitrogens with one attached hydrogen (secondary N) is 1. The van der Waals surface area contributed by atoms with Crippen molar-refractivity contribution in [3.63, 3.8) is 0 Å². The molecule has 4 rings (SSSR count). The first-order valence-electron chi connectivity index (χ1n) is 8.44. The number of halogens is 1. The van der Waals surface area contributed by atoms with Gasteiger partial charge in [-0.1, -0.05) is 28.1 Å². The minimum absolute atomic E-state index is 0.294. The third-order valence-corrected chi connectivity index (χ3v) is 6.09. The van der Waals surface area contributed by atoms with Gasteiger partial charge in [0.05, 0.1) is 0 Å². The average Bonchev–Trinajstić information content (AvgIpc) is 3.42. The molecule has 1 atom stereocenters. The van der Waals surface area contributed by atoms with E-state index >= 15 is 0 Å². The SMILES string of the molecule is O=C(C1CC12CCNCC2)N(Cc1cccc(Br)c1)C1CC1. The topological polar surface area (TPSA) is 32.3 Å². The molecule has 1 N–H and O–H groups in total. The molecule has 1 heterocycles. The Balaban J connectivity index is 1.47. The number of hydrogen-bond donors (Lipinski definition) is 1. The van der Waals surface area contributed by atoms with Crippen LogP contribution in [0.2, 0.25) is 0 Å². The smallest absolute Gasteiger partial charge is 0.226 e. The molecule has 1 spiro atoms. The molecule has 1 aromatic rings. The van der Waals surface area contributed by atoms with Crippen LogP contribution in [0.15, 0.2) is 28.7 Å². The van der Waals surface area contributed by atoms with Crippen LogP contribution in [0.3, 0.4) is 0 Å². The number of nitrogens with zero attached hydrogens (tertiary/aromatic N) is 1. The number of hydrogen-bond acceptors (Lipinski definition) is 2. The van der Waals surface area contributed by atoms with E-state index in [4.69, 9.17) is 0 Å². The predicted octanol–water partition coefficient (Wildman–Crippen LogP) is 3.33. The summed E-state index contributed by atoms with van der Waals surface area (Å²) in [6, 6.07) is 8.85. The van der Waals surface area contributed by atoms with E-state index in [-0.39, 0.29) is 0 Å². The molecule has 1 aromatic carbocycles. The molecule has 3 nitrogen and oxygen atoms in total. The summed E-state index contributed by atoms with van der Waals surface area (Å²) < 4.78 is 1.09. The maximum atomic E-state index is 13.0. The molecule has 0 bridgehead atoms. The fraction of sp³-hybridized carbons (Fsp3) is 0.611. The molecule has 3 fully saturated rings. The van der Waals surface area contributed by atoms with Crippen molar-refractivity contribution in [3.8, 4) is 0 Å². The normalized spacial score (nSPS) is 26.0. The Bertz CT molecular complexity index is 578. The Morgan fingerprint density at radius 3 is 2.77 bits per heavy atom. The van der Waals surface area contributed by atoms with E-state index in [1.54, 1.807) is 0 Å². The van der Waals surface area contributed by atoms with Crippen LogP contribution in [0.4, 0.5) is 0 Å². The molecule has 3 aliphatic rings. The molecule has 2 aliphatic carbocycles. The minimum Gasteiger partial charge on any atom is -0.335 e. The maximum Gasteiger partial charge on any atom is 0.226 e. The van der Waals surface area contributed by atoms with Gasteiger partial charge in [0.15, 0.2) is 0 Å². The molecule has 2 saturated carbocycles. The van der Waals surface area contributed by atoms with Crippen LogP contribution < -0.4 is 5.32 Å². The summed E-state index contributed by atoms with van der Waals surface area (Å²) in [6.07, 6.45) is 5.84. The van der Waals surface area contributed by atoms with Crippen molar-refractivity contribution >= 4 is 21.8 Å². The van der Waals surface area contributed by atoms with Gasteiger partial charge in [-0.05, 0) is 68.3 Å². The molecule has 0 aromatic heterocycles. The summed E-state index contributed by atoms with van der Waals surface area (Å²) in [6.45, 7) is 2.94. The van der Waals surface area contributed by atoms with Gasteiger partial charge in [-0.3, -0.25) is 4.79 Å². The molecule has 1 aliphatic heterocycles. The minimum atomic E-state index is 0.294. The molecule has 1 amide bonds. The summed E-state index contributed by atoms with van der Waals surface area (Å²) >= 11 is 3.53. The van der Waals surface area contributed by atoms with Gasteiger partial charge in [0.1, 0.15) is 0 Å². The Hall–Kier alpha value is -0.870. The zero-order valence-electron chi connectivity index (χ0n) is 12.9. The Morgan fingerprint density at radius 2 is 2.09 bits per heavy atom. The van der Waals surface area contributed by atoms with E-state index in [0.717, 1.165) is 30.5 Å². The van der Waals surface area contributed by atoms with Gasteiger partial charge in [-0.15, -0.1) is 0 Å². The highest BCUT2D eigenvalue weighted by Crippen LogP contribution is 2.59. The van der Waals surface area contributed by atoms with Crippen molar-refractivity contribution in [1.29, 1.82) is 0 Å². The largest absolute Gasteiger partial charge is 0.335 e. The fourth-order valence-electron chi connectivity index (χ4n) is 3.98. The standard InChI is InChI=1S/C18H23BrN2O/c19-14-3-1-2-13(10-14)12-21(15-4-5-15)17(22)16-11-18(16)6-8-20-9-7-18/h1-3,10,15-16,20H,4-9,11-12H2. The lowest BCUT2D eigenvalue weighted by atomic mass is 9.91. The number of piperidine rings is 1. The second-order valence-electron chi connectivity index (χ2n) is 7.20. The zero-order chi connectivity index (χ0) is 15.2. The summed E-state index contributed by atoms with van der Waals surface area (Å²) in [5, 5.41) is 3.42. The van der Waals surface area contributed by atoms with E-state index < -0.39 is 0 Å². The lowest BCUT2D eigenvalue weighted by molar-refractivity contribution is -0.134. The highest BCUT2D eigenvalue weighted by molar-refractivity contribution is 9.10. The number of carbonyl (C=O) groups is 1. The number of amides is 1. The molecular formula is C18H23BrN2O. The van der Waals surface area contributed by atoms with Crippen molar-refractivity contribution in [1.82, 2.24) is 10.2 Å². The lowest BCUT2D eigenvalue weighted by Gasteiger charge is -2.27. The zero-order valence-corrected chi connectivity index (χ0v) is 14.4. The van der Waals surface area contributed by atoms with Crippen LogP contribution in [0.5, 0.6) is 0 Å². The highest BCUT2D eigenvalue weighted by atomic mass is 79.9. The first-order valence-corrected chi connectivity index (χ1v) is 9.23. The van der Waals surface area contributed by atoms with Crippen LogP contribution in [0, 0.1) is 11.3 Å². The quantitative estimate of drug-likeness (QED) is 0.890. The third-order valence-electron chi connectivity index (χ3n) is 5.60. The summed E-state index contributed by atoms with van der Waals surface area (Å²) in [4.78, 5) is 15.2. The van der Waals surface area contributed by atoms with Crippen LogP contribution in [0.1, 0.15) is 37.7 Å².